The van der Waals surface area contributed by atoms with Gasteiger partial charge in [0.05, 0.1) is 11.2 Å². The van der Waals surface area contributed by atoms with Crippen LogP contribution in [-0.2, 0) is 19.1 Å². The lowest BCUT2D eigenvalue weighted by atomic mass is 10.1. The Morgan fingerprint density at radius 2 is 1.89 bits per heavy atom. The van der Waals surface area contributed by atoms with E-state index in [0.29, 0.717) is 6.54 Å². The maximum Gasteiger partial charge on any atom is 0.100 e. The van der Waals surface area contributed by atoms with Gasteiger partial charge in [0.1, 0.15) is 5.69 Å². The Morgan fingerprint density at radius 3 is 2.39 bits per heavy atom. The lowest BCUT2D eigenvalue weighted by molar-refractivity contribution is 0.354. The number of aryl methyl sites for hydroxylation is 2. The third kappa shape index (κ3) is 2.18. The number of nitrogens with zero attached hydrogens (tertiary/aromatic N) is 4. The van der Waals surface area contributed by atoms with Gasteiger partial charge in [-0.15, -0.1) is 0 Å². The summed E-state index contributed by atoms with van der Waals surface area (Å²) >= 11 is 0. The number of hydrogen-bond acceptors (Lipinski definition) is 3. The van der Waals surface area contributed by atoms with Gasteiger partial charge in [0.2, 0.25) is 0 Å². The molecular formula is C13H21N5. The molecule has 0 spiro atoms. The highest BCUT2D eigenvalue weighted by molar-refractivity contribution is 5.64. The minimum absolute atomic E-state index is 0.0271. The second-order valence-electron chi connectivity index (χ2n) is 5.62. The van der Waals surface area contributed by atoms with Crippen LogP contribution in [0.25, 0.3) is 11.3 Å². The number of rotatable bonds is 2. The molecule has 18 heavy (non-hydrogen) atoms. The second kappa shape index (κ2) is 4.24. The normalized spacial score (nSPS) is 12.1. The van der Waals surface area contributed by atoms with Crippen LogP contribution in [0.4, 0.5) is 0 Å². The third-order valence-electron chi connectivity index (χ3n) is 2.97. The molecule has 0 fully saturated rings. The Balaban J connectivity index is 2.54. The Morgan fingerprint density at radius 1 is 1.22 bits per heavy atom. The van der Waals surface area contributed by atoms with Crippen molar-refractivity contribution in [1.29, 1.82) is 0 Å². The molecule has 0 aromatic carbocycles. The summed E-state index contributed by atoms with van der Waals surface area (Å²) < 4.78 is 3.78. The van der Waals surface area contributed by atoms with Crippen molar-refractivity contribution in [2.24, 2.45) is 12.8 Å². The topological polar surface area (TPSA) is 61.7 Å². The molecule has 2 rings (SSSR count). The molecule has 0 aliphatic heterocycles. The van der Waals surface area contributed by atoms with Crippen molar-refractivity contribution in [2.45, 2.75) is 39.8 Å². The molecule has 2 N–H and O–H groups in total. The smallest absolute Gasteiger partial charge is 0.100 e. The van der Waals surface area contributed by atoms with Gasteiger partial charge in [-0.05, 0) is 27.7 Å². The largest absolute Gasteiger partial charge is 0.326 e. The molecule has 0 unspecified atom stereocenters. The maximum atomic E-state index is 5.76. The molecule has 5 nitrogen and oxygen atoms in total. The van der Waals surface area contributed by atoms with Gasteiger partial charge in [-0.2, -0.15) is 10.2 Å². The van der Waals surface area contributed by atoms with E-state index in [0.717, 1.165) is 22.5 Å². The Kier molecular flexibility index (Phi) is 3.02. The number of hydrogen-bond donors (Lipinski definition) is 1. The van der Waals surface area contributed by atoms with Crippen molar-refractivity contribution in [1.82, 2.24) is 19.6 Å². The highest BCUT2D eigenvalue weighted by Gasteiger charge is 2.19. The van der Waals surface area contributed by atoms with E-state index in [-0.39, 0.29) is 5.54 Å². The molecular weight excluding hydrogens is 226 g/mol. The van der Waals surface area contributed by atoms with Crippen LogP contribution in [0, 0.1) is 6.92 Å². The van der Waals surface area contributed by atoms with E-state index in [1.807, 2.05) is 24.9 Å². The zero-order chi connectivity index (χ0) is 13.5. The van der Waals surface area contributed by atoms with Gasteiger partial charge in [0.25, 0.3) is 0 Å². The van der Waals surface area contributed by atoms with Crippen molar-refractivity contribution in [3.05, 3.63) is 23.7 Å². The fourth-order valence-electron chi connectivity index (χ4n) is 1.95. The molecule has 0 amide bonds. The average molecular weight is 247 g/mol. The van der Waals surface area contributed by atoms with E-state index in [1.54, 1.807) is 4.68 Å². The Bertz CT molecular complexity index is 556. The van der Waals surface area contributed by atoms with Crippen molar-refractivity contribution in [3.8, 4) is 11.3 Å². The van der Waals surface area contributed by atoms with E-state index in [4.69, 9.17) is 5.73 Å². The van der Waals surface area contributed by atoms with Crippen molar-refractivity contribution < 1.29 is 0 Å². The van der Waals surface area contributed by atoms with Gasteiger partial charge in [-0.25, -0.2) is 0 Å². The molecule has 0 atom stereocenters. The molecule has 98 valence electrons. The van der Waals surface area contributed by atoms with Crippen molar-refractivity contribution >= 4 is 0 Å². The first kappa shape index (κ1) is 12.8. The SMILES string of the molecule is Cc1nn(C(C)(C)C)cc1-c1nn(C)cc1CN. The van der Waals surface area contributed by atoms with Crippen LogP contribution in [0.1, 0.15) is 32.0 Å². The van der Waals surface area contributed by atoms with E-state index in [2.05, 4.69) is 37.2 Å². The van der Waals surface area contributed by atoms with Gasteiger partial charge in [0.15, 0.2) is 0 Å². The summed E-state index contributed by atoms with van der Waals surface area (Å²) in [5.74, 6) is 0. The van der Waals surface area contributed by atoms with Gasteiger partial charge in [-0.1, -0.05) is 0 Å². The summed E-state index contributed by atoms with van der Waals surface area (Å²) in [6, 6.07) is 0. The molecule has 0 saturated carbocycles. The van der Waals surface area contributed by atoms with E-state index < -0.39 is 0 Å². The van der Waals surface area contributed by atoms with Crippen molar-refractivity contribution in [3.63, 3.8) is 0 Å². The lowest BCUT2D eigenvalue weighted by Gasteiger charge is -2.18. The van der Waals surface area contributed by atoms with E-state index in [1.165, 1.54) is 0 Å². The van der Waals surface area contributed by atoms with Crippen LogP contribution in [-0.4, -0.2) is 19.6 Å². The zero-order valence-corrected chi connectivity index (χ0v) is 11.7. The van der Waals surface area contributed by atoms with E-state index in [9.17, 15) is 0 Å². The standard InChI is InChI=1S/C13H21N5/c1-9-11(8-18(15-9)13(2,3)4)12-10(6-14)7-17(5)16-12/h7-8H,6,14H2,1-5H3. The van der Waals surface area contributed by atoms with Crippen LogP contribution >= 0.6 is 0 Å². The minimum atomic E-state index is -0.0271. The molecule has 2 aromatic rings. The molecule has 2 heterocycles. The fourth-order valence-corrected chi connectivity index (χ4v) is 1.95. The average Bonchev–Trinajstić information content (AvgIpc) is 2.80. The van der Waals surface area contributed by atoms with Crippen LogP contribution < -0.4 is 5.73 Å². The van der Waals surface area contributed by atoms with Crippen LogP contribution in [0.2, 0.25) is 0 Å². The Labute approximate surface area is 108 Å². The predicted octanol–water partition coefficient (Wildman–Crippen LogP) is 1.81. The summed E-state index contributed by atoms with van der Waals surface area (Å²) in [5, 5.41) is 9.06. The second-order valence-corrected chi connectivity index (χ2v) is 5.62. The first-order chi connectivity index (χ1) is 8.32. The monoisotopic (exact) mass is 247 g/mol. The fraction of sp³-hybridized carbons (Fsp3) is 0.538. The molecule has 0 aliphatic carbocycles. The summed E-state index contributed by atoms with van der Waals surface area (Å²) in [4.78, 5) is 0. The van der Waals surface area contributed by atoms with Crippen LogP contribution in [0.5, 0.6) is 0 Å². The summed E-state index contributed by atoms with van der Waals surface area (Å²) in [6.07, 6.45) is 4.01. The van der Waals surface area contributed by atoms with E-state index >= 15 is 0 Å². The molecule has 0 bridgehead atoms. The zero-order valence-electron chi connectivity index (χ0n) is 11.7. The quantitative estimate of drug-likeness (QED) is 0.880. The molecule has 0 aliphatic rings. The maximum absolute atomic E-state index is 5.76. The van der Waals surface area contributed by atoms with Gasteiger partial charge >= 0.3 is 0 Å². The van der Waals surface area contributed by atoms with Crippen LogP contribution in [0.3, 0.4) is 0 Å². The minimum Gasteiger partial charge on any atom is -0.326 e. The molecule has 2 aromatic heterocycles. The van der Waals surface area contributed by atoms with Gasteiger partial charge < -0.3 is 5.73 Å². The Hall–Kier alpha value is -1.62. The van der Waals surface area contributed by atoms with Crippen LogP contribution in [0.15, 0.2) is 12.4 Å². The lowest BCUT2D eigenvalue weighted by Crippen LogP contribution is -2.22. The molecule has 0 radical (unpaired) electrons. The molecule has 0 saturated heterocycles. The van der Waals surface area contributed by atoms with Gasteiger partial charge in [0, 0.05) is 37.1 Å². The van der Waals surface area contributed by atoms with Crippen molar-refractivity contribution in [2.75, 3.05) is 0 Å². The van der Waals surface area contributed by atoms with Gasteiger partial charge in [-0.3, -0.25) is 9.36 Å². The third-order valence-corrected chi connectivity index (χ3v) is 2.97. The summed E-state index contributed by atoms with van der Waals surface area (Å²) in [6.45, 7) is 8.89. The highest BCUT2D eigenvalue weighted by Crippen LogP contribution is 2.26. The number of aromatic nitrogens is 4. The summed E-state index contributed by atoms with van der Waals surface area (Å²) in [7, 11) is 1.91. The first-order valence-corrected chi connectivity index (χ1v) is 6.12. The first-order valence-electron chi connectivity index (χ1n) is 6.12. The summed E-state index contributed by atoms with van der Waals surface area (Å²) in [5.41, 5.74) is 9.77. The highest BCUT2D eigenvalue weighted by atomic mass is 15.3. The molecule has 5 heteroatoms. The number of nitrogens with two attached hydrogens (primary N) is 1. The predicted molar refractivity (Wildman–Crippen MR) is 72.1 cm³/mol.